The molecule has 1 fully saturated rings. The van der Waals surface area contributed by atoms with Gasteiger partial charge in [-0.25, -0.2) is 13.4 Å². The fraction of sp³-hybridized carbons (Fsp3) is 0.500. The van der Waals surface area contributed by atoms with Gasteiger partial charge in [0, 0.05) is 25.4 Å². The maximum Gasteiger partial charge on any atom is 0.241 e. The van der Waals surface area contributed by atoms with E-state index in [4.69, 9.17) is 0 Å². The summed E-state index contributed by atoms with van der Waals surface area (Å²) in [6.07, 6.45) is 2.70. The second-order valence-electron chi connectivity index (χ2n) is 4.51. The first-order valence-corrected chi connectivity index (χ1v) is 8.01. The minimum atomic E-state index is -3.72. The van der Waals surface area contributed by atoms with Crippen molar-refractivity contribution >= 4 is 21.7 Å². The summed E-state index contributed by atoms with van der Waals surface area (Å²) in [7, 11) is -3.72. The molecule has 110 valence electrons. The van der Waals surface area contributed by atoms with E-state index in [1.807, 2.05) is 6.92 Å². The number of sulfonamides is 1. The maximum atomic E-state index is 12.3. The lowest BCUT2D eigenvalue weighted by Crippen LogP contribution is -2.50. The predicted molar refractivity (Wildman–Crippen MR) is 74.8 cm³/mol. The Labute approximate surface area is 118 Å². The number of nitrogens with one attached hydrogen (secondary N) is 3. The number of anilines is 1. The topological polar surface area (TPSA) is 100 Å². The molecule has 1 amide bonds. The molecule has 1 saturated heterocycles. The molecule has 0 spiro atoms. The smallest absolute Gasteiger partial charge is 0.241 e. The molecule has 7 nitrogen and oxygen atoms in total. The van der Waals surface area contributed by atoms with Crippen LogP contribution in [0.5, 0.6) is 0 Å². The number of hydrogen-bond donors (Lipinski definition) is 3. The van der Waals surface area contributed by atoms with Gasteiger partial charge in [-0.3, -0.25) is 4.79 Å². The lowest BCUT2D eigenvalue weighted by Gasteiger charge is -2.22. The van der Waals surface area contributed by atoms with Crippen LogP contribution in [0.4, 0.5) is 5.82 Å². The van der Waals surface area contributed by atoms with Crippen LogP contribution in [0.15, 0.2) is 23.2 Å². The Bertz CT molecular complexity index is 588. The number of pyridine rings is 1. The zero-order valence-electron chi connectivity index (χ0n) is 11.2. The lowest BCUT2D eigenvalue weighted by atomic mass is 10.1. The molecule has 8 heteroatoms. The number of piperidine rings is 1. The molecule has 1 unspecified atom stereocenters. The molecule has 0 aliphatic carbocycles. The Balaban J connectivity index is 2.17. The summed E-state index contributed by atoms with van der Waals surface area (Å²) < 4.78 is 26.9. The summed E-state index contributed by atoms with van der Waals surface area (Å²) in [4.78, 5) is 15.7. The third kappa shape index (κ3) is 3.45. The summed E-state index contributed by atoms with van der Waals surface area (Å²) in [5.74, 6) is 0.212. The number of amides is 1. The molecule has 1 aliphatic rings. The summed E-state index contributed by atoms with van der Waals surface area (Å²) in [5.41, 5.74) is 0. The number of nitrogens with zero attached hydrogens (tertiary/aromatic N) is 1. The molecule has 2 heterocycles. The first-order chi connectivity index (χ1) is 9.53. The van der Waals surface area contributed by atoms with Crippen molar-refractivity contribution in [3.63, 3.8) is 0 Å². The fourth-order valence-electron chi connectivity index (χ4n) is 2.00. The van der Waals surface area contributed by atoms with Crippen molar-refractivity contribution in [1.82, 2.24) is 15.0 Å². The predicted octanol–water partition coefficient (Wildman–Crippen LogP) is 0.0703. The zero-order valence-corrected chi connectivity index (χ0v) is 12.0. The Morgan fingerprint density at radius 1 is 1.50 bits per heavy atom. The van der Waals surface area contributed by atoms with E-state index in [0.29, 0.717) is 25.3 Å². The SMILES string of the molecule is CCNc1cc(S(=O)(=O)NC2CCCNC2=O)ccn1. The van der Waals surface area contributed by atoms with Gasteiger partial charge in [0.25, 0.3) is 0 Å². The second kappa shape index (κ2) is 6.19. The summed E-state index contributed by atoms with van der Waals surface area (Å²) >= 11 is 0. The minimum Gasteiger partial charge on any atom is -0.370 e. The van der Waals surface area contributed by atoms with Crippen LogP contribution in [0, 0.1) is 0 Å². The molecular formula is C12H18N4O3S. The van der Waals surface area contributed by atoms with E-state index in [9.17, 15) is 13.2 Å². The molecule has 1 aromatic rings. The van der Waals surface area contributed by atoms with E-state index in [-0.39, 0.29) is 10.8 Å². The van der Waals surface area contributed by atoms with Gasteiger partial charge in [0.1, 0.15) is 11.9 Å². The quantitative estimate of drug-likeness (QED) is 0.714. The van der Waals surface area contributed by atoms with Gasteiger partial charge in [0.05, 0.1) is 4.90 Å². The maximum absolute atomic E-state index is 12.3. The van der Waals surface area contributed by atoms with Crippen LogP contribution < -0.4 is 15.4 Å². The highest BCUT2D eigenvalue weighted by Crippen LogP contribution is 2.14. The van der Waals surface area contributed by atoms with Crippen molar-refractivity contribution in [1.29, 1.82) is 0 Å². The molecule has 2 rings (SSSR count). The highest BCUT2D eigenvalue weighted by molar-refractivity contribution is 7.89. The lowest BCUT2D eigenvalue weighted by molar-refractivity contribution is -0.124. The second-order valence-corrected chi connectivity index (χ2v) is 6.23. The average Bonchev–Trinajstić information content (AvgIpc) is 2.42. The number of rotatable bonds is 5. The van der Waals surface area contributed by atoms with Crippen molar-refractivity contribution in [2.75, 3.05) is 18.4 Å². The first kappa shape index (κ1) is 14.7. The third-order valence-corrected chi connectivity index (χ3v) is 4.45. The van der Waals surface area contributed by atoms with Crippen molar-refractivity contribution in [2.45, 2.75) is 30.7 Å². The van der Waals surface area contributed by atoms with Gasteiger partial charge < -0.3 is 10.6 Å². The van der Waals surface area contributed by atoms with Crippen LogP contribution in [0.2, 0.25) is 0 Å². The van der Waals surface area contributed by atoms with Gasteiger partial charge in [-0.1, -0.05) is 0 Å². The van der Waals surface area contributed by atoms with E-state index >= 15 is 0 Å². The number of carbonyl (C=O) groups is 1. The first-order valence-electron chi connectivity index (χ1n) is 6.53. The van der Waals surface area contributed by atoms with Gasteiger partial charge >= 0.3 is 0 Å². The van der Waals surface area contributed by atoms with Gasteiger partial charge in [0.2, 0.25) is 15.9 Å². The van der Waals surface area contributed by atoms with Crippen molar-refractivity contribution in [3.8, 4) is 0 Å². The van der Waals surface area contributed by atoms with Crippen LogP contribution >= 0.6 is 0 Å². The Morgan fingerprint density at radius 3 is 3.00 bits per heavy atom. The van der Waals surface area contributed by atoms with E-state index in [1.165, 1.54) is 18.3 Å². The van der Waals surface area contributed by atoms with Crippen LogP contribution in [0.1, 0.15) is 19.8 Å². The summed E-state index contributed by atoms with van der Waals surface area (Å²) in [6, 6.07) is 2.15. The largest absolute Gasteiger partial charge is 0.370 e. The Hall–Kier alpha value is -1.67. The van der Waals surface area contributed by atoms with Crippen LogP contribution in [-0.4, -0.2) is 38.4 Å². The molecule has 1 atom stereocenters. The van der Waals surface area contributed by atoms with E-state index in [0.717, 1.165) is 6.42 Å². The van der Waals surface area contributed by atoms with Crippen molar-refractivity contribution in [2.24, 2.45) is 0 Å². The molecule has 0 bridgehead atoms. The Kier molecular flexibility index (Phi) is 4.56. The molecule has 0 saturated carbocycles. The molecule has 0 aromatic carbocycles. The Morgan fingerprint density at radius 2 is 2.30 bits per heavy atom. The third-order valence-electron chi connectivity index (χ3n) is 2.98. The molecule has 1 aliphatic heterocycles. The zero-order chi connectivity index (χ0) is 14.6. The van der Waals surface area contributed by atoms with Crippen LogP contribution in [-0.2, 0) is 14.8 Å². The highest BCUT2D eigenvalue weighted by atomic mass is 32.2. The van der Waals surface area contributed by atoms with Crippen LogP contribution in [0.3, 0.4) is 0 Å². The van der Waals surface area contributed by atoms with E-state index in [2.05, 4.69) is 20.3 Å². The molecule has 1 aromatic heterocycles. The van der Waals surface area contributed by atoms with Crippen LogP contribution in [0.25, 0.3) is 0 Å². The molecular weight excluding hydrogens is 280 g/mol. The van der Waals surface area contributed by atoms with Gasteiger partial charge in [-0.15, -0.1) is 0 Å². The number of aromatic nitrogens is 1. The molecule has 3 N–H and O–H groups in total. The fourth-order valence-corrected chi connectivity index (χ4v) is 3.24. The van der Waals surface area contributed by atoms with Gasteiger partial charge in [-0.2, -0.15) is 4.72 Å². The standard InChI is InChI=1S/C12H18N4O3S/c1-2-13-11-8-9(5-7-14-11)20(18,19)16-10-4-3-6-15-12(10)17/h5,7-8,10,16H,2-4,6H2,1H3,(H,13,14)(H,15,17). The summed E-state index contributed by atoms with van der Waals surface area (Å²) in [6.45, 7) is 3.14. The average molecular weight is 298 g/mol. The minimum absolute atomic E-state index is 0.0989. The summed E-state index contributed by atoms with van der Waals surface area (Å²) in [5, 5.41) is 5.60. The monoisotopic (exact) mass is 298 g/mol. The number of hydrogen-bond acceptors (Lipinski definition) is 5. The van der Waals surface area contributed by atoms with E-state index in [1.54, 1.807) is 0 Å². The highest BCUT2D eigenvalue weighted by Gasteiger charge is 2.27. The number of carbonyl (C=O) groups excluding carboxylic acids is 1. The molecule has 20 heavy (non-hydrogen) atoms. The van der Waals surface area contributed by atoms with Crippen molar-refractivity contribution < 1.29 is 13.2 Å². The normalized spacial score (nSPS) is 19.4. The van der Waals surface area contributed by atoms with Gasteiger partial charge in [-0.05, 0) is 25.8 Å². The van der Waals surface area contributed by atoms with Crippen molar-refractivity contribution in [3.05, 3.63) is 18.3 Å². The molecule has 0 radical (unpaired) electrons. The van der Waals surface area contributed by atoms with E-state index < -0.39 is 16.1 Å². The van der Waals surface area contributed by atoms with Gasteiger partial charge in [0.15, 0.2) is 0 Å².